The number of fused-ring (bicyclic) bond motifs is 3. The maximum atomic E-state index is 12.5. The number of carbonyl (C=O) groups is 1. The second kappa shape index (κ2) is 5.21. The Morgan fingerprint density at radius 3 is 2.95 bits per heavy atom. The Morgan fingerprint density at radius 2 is 2.27 bits per heavy atom. The predicted octanol–water partition coefficient (Wildman–Crippen LogP) is 1.80. The van der Waals surface area contributed by atoms with Crippen LogP contribution in [-0.2, 0) is 0 Å². The Labute approximate surface area is 133 Å². The topological polar surface area (TPSA) is 48.5 Å². The molecule has 2 bridgehead atoms. The lowest BCUT2D eigenvalue weighted by atomic mass is 10.00. The molecule has 0 aliphatic carbocycles. The average molecular weight is 316 g/mol. The lowest BCUT2D eigenvalue weighted by Crippen LogP contribution is -2.43. The summed E-state index contributed by atoms with van der Waals surface area (Å²) in [5.41, 5.74) is 0.525. The van der Waals surface area contributed by atoms with Gasteiger partial charge in [-0.25, -0.2) is 0 Å². The average Bonchev–Trinajstić information content (AvgIpc) is 3.20. The van der Waals surface area contributed by atoms with Crippen molar-refractivity contribution in [3.05, 3.63) is 24.0 Å². The summed E-state index contributed by atoms with van der Waals surface area (Å²) in [5.74, 6) is 0.579. The molecule has 116 valence electrons. The first-order valence-corrected chi connectivity index (χ1v) is 8.52. The molecule has 1 N–H and O–H groups in total. The largest absolute Gasteiger partial charge is 0.370 e. The third-order valence-electron chi connectivity index (χ3n) is 4.71. The molecular formula is C16H20N4OS. The molecule has 3 atom stereocenters. The number of hydrogen-bond acceptors (Lipinski definition) is 5. The molecule has 2 aromatic rings. The fraction of sp³-hybridized carbons (Fsp3) is 0.500. The van der Waals surface area contributed by atoms with Gasteiger partial charge in [-0.1, -0.05) is 0 Å². The van der Waals surface area contributed by atoms with Crippen LogP contribution in [0.1, 0.15) is 16.9 Å². The predicted molar refractivity (Wildman–Crippen MR) is 89.7 cm³/mol. The van der Waals surface area contributed by atoms with Crippen molar-refractivity contribution in [3.8, 4) is 0 Å². The van der Waals surface area contributed by atoms with Gasteiger partial charge in [-0.3, -0.25) is 9.78 Å². The lowest BCUT2D eigenvalue weighted by molar-refractivity contribution is 0.0919. The summed E-state index contributed by atoms with van der Waals surface area (Å²) >= 11 is 1.69. The molecule has 2 aromatic heterocycles. The first-order chi connectivity index (χ1) is 10.6. The first-order valence-electron chi connectivity index (χ1n) is 7.70. The molecule has 6 heteroatoms. The highest BCUT2D eigenvalue weighted by molar-refractivity contribution is 7.22. The zero-order chi connectivity index (χ0) is 15.3. The lowest BCUT2D eigenvalue weighted by Gasteiger charge is -2.22. The second-order valence-corrected chi connectivity index (χ2v) is 7.54. The van der Waals surface area contributed by atoms with E-state index in [2.05, 4.69) is 26.2 Å². The van der Waals surface area contributed by atoms with E-state index < -0.39 is 0 Å². The SMILES string of the molecule is CN(C)c1cc2cnc(C(=O)NC3CN4CCC3C4)cc2s1. The Morgan fingerprint density at radius 1 is 1.41 bits per heavy atom. The van der Waals surface area contributed by atoms with Crippen LogP contribution in [0.3, 0.4) is 0 Å². The van der Waals surface area contributed by atoms with Crippen LogP contribution in [0.5, 0.6) is 0 Å². The van der Waals surface area contributed by atoms with Crippen molar-refractivity contribution in [2.45, 2.75) is 12.5 Å². The van der Waals surface area contributed by atoms with Crippen molar-refractivity contribution in [2.24, 2.45) is 5.92 Å². The van der Waals surface area contributed by atoms with Crippen LogP contribution in [0.2, 0.25) is 0 Å². The van der Waals surface area contributed by atoms with Crippen LogP contribution >= 0.6 is 11.3 Å². The molecule has 1 amide bonds. The minimum absolute atomic E-state index is 0.0412. The standard InChI is InChI=1S/C16H20N4OS/c1-19(2)15-5-11-7-17-12(6-14(11)22-15)16(21)18-13-9-20-4-3-10(13)8-20/h5-7,10,13H,3-4,8-9H2,1-2H3,(H,18,21). The number of thiophene rings is 1. The fourth-order valence-corrected chi connectivity index (χ4v) is 4.45. The van der Waals surface area contributed by atoms with Gasteiger partial charge in [0.05, 0.1) is 5.00 Å². The van der Waals surface area contributed by atoms with E-state index in [1.807, 2.05) is 20.2 Å². The minimum Gasteiger partial charge on any atom is -0.370 e. The number of hydrogen-bond donors (Lipinski definition) is 1. The number of anilines is 1. The summed E-state index contributed by atoms with van der Waals surface area (Å²) < 4.78 is 1.11. The van der Waals surface area contributed by atoms with Crippen LogP contribution < -0.4 is 10.2 Å². The molecule has 2 aliphatic rings. The van der Waals surface area contributed by atoms with Crippen LogP contribution in [0.4, 0.5) is 5.00 Å². The Balaban J connectivity index is 1.54. The van der Waals surface area contributed by atoms with Crippen LogP contribution in [0, 0.1) is 5.92 Å². The van der Waals surface area contributed by atoms with Crippen LogP contribution in [-0.4, -0.2) is 55.6 Å². The van der Waals surface area contributed by atoms with Gasteiger partial charge in [0.2, 0.25) is 0 Å². The van der Waals surface area contributed by atoms with Crippen molar-refractivity contribution in [2.75, 3.05) is 38.6 Å². The molecule has 2 fully saturated rings. The van der Waals surface area contributed by atoms with Crippen LogP contribution in [0.25, 0.3) is 10.1 Å². The van der Waals surface area contributed by atoms with E-state index in [0.717, 1.165) is 23.2 Å². The minimum atomic E-state index is -0.0412. The molecule has 4 heterocycles. The Kier molecular flexibility index (Phi) is 3.31. The highest BCUT2D eigenvalue weighted by atomic mass is 32.1. The smallest absolute Gasteiger partial charge is 0.270 e. The van der Waals surface area contributed by atoms with E-state index in [1.165, 1.54) is 18.0 Å². The second-order valence-electron chi connectivity index (χ2n) is 6.47. The summed E-state index contributed by atoms with van der Waals surface area (Å²) in [6.45, 7) is 3.31. The molecule has 0 aromatic carbocycles. The summed E-state index contributed by atoms with van der Waals surface area (Å²) in [6, 6.07) is 4.31. The van der Waals surface area contributed by atoms with Gasteiger partial charge in [0.15, 0.2) is 0 Å². The zero-order valence-corrected chi connectivity index (χ0v) is 13.7. The van der Waals surface area contributed by atoms with Crippen molar-refractivity contribution < 1.29 is 4.79 Å². The normalized spacial score (nSPS) is 26.5. The maximum absolute atomic E-state index is 12.5. The summed E-state index contributed by atoms with van der Waals surface area (Å²) in [6.07, 6.45) is 3.01. The number of aromatic nitrogens is 1. The highest BCUT2D eigenvalue weighted by Crippen LogP contribution is 2.31. The van der Waals surface area contributed by atoms with Gasteiger partial charge in [0, 0.05) is 49.5 Å². The number of carbonyl (C=O) groups excluding carboxylic acids is 1. The number of pyridine rings is 1. The van der Waals surface area contributed by atoms with E-state index in [0.29, 0.717) is 17.7 Å². The fourth-order valence-electron chi connectivity index (χ4n) is 3.45. The monoisotopic (exact) mass is 316 g/mol. The Bertz CT molecular complexity index is 726. The third kappa shape index (κ3) is 2.36. The van der Waals surface area contributed by atoms with Gasteiger partial charge < -0.3 is 15.1 Å². The summed E-state index contributed by atoms with van der Waals surface area (Å²) in [4.78, 5) is 21.3. The van der Waals surface area contributed by atoms with Gasteiger partial charge >= 0.3 is 0 Å². The van der Waals surface area contributed by atoms with Gasteiger partial charge in [-0.05, 0) is 31.0 Å². The molecule has 0 spiro atoms. The molecular weight excluding hydrogens is 296 g/mol. The van der Waals surface area contributed by atoms with Gasteiger partial charge in [0.1, 0.15) is 5.69 Å². The maximum Gasteiger partial charge on any atom is 0.270 e. The zero-order valence-electron chi connectivity index (χ0n) is 12.9. The molecule has 2 aliphatic heterocycles. The van der Waals surface area contributed by atoms with Gasteiger partial charge in [0.25, 0.3) is 5.91 Å². The molecule has 4 rings (SSSR count). The number of rotatable bonds is 3. The molecule has 0 radical (unpaired) electrons. The Hall–Kier alpha value is -1.66. The molecule has 0 saturated carbocycles. The van der Waals surface area contributed by atoms with Crippen LogP contribution in [0.15, 0.2) is 18.3 Å². The first kappa shape index (κ1) is 14.0. The van der Waals surface area contributed by atoms with Gasteiger partial charge in [-0.2, -0.15) is 0 Å². The van der Waals surface area contributed by atoms with E-state index in [1.54, 1.807) is 17.5 Å². The summed E-state index contributed by atoms with van der Waals surface area (Å²) in [7, 11) is 4.05. The molecule has 2 saturated heterocycles. The van der Waals surface area contributed by atoms with Crippen molar-refractivity contribution in [3.63, 3.8) is 0 Å². The highest BCUT2D eigenvalue weighted by Gasteiger charge is 2.38. The number of nitrogens with one attached hydrogen (secondary N) is 1. The van der Waals surface area contributed by atoms with E-state index >= 15 is 0 Å². The molecule has 3 unspecified atom stereocenters. The van der Waals surface area contributed by atoms with E-state index in [9.17, 15) is 4.79 Å². The molecule has 5 nitrogen and oxygen atoms in total. The number of amides is 1. The molecule has 22 heavy (non-hydrogen) atoms. The number of piperidine rings is 1. The van der Waals surface area contributed by atoms with E-state index in [4.69, 9.17) is 0 Å². The van der Waals surface area contributed by atoms with Crippen molar-refractivity contribution in [1.82, 2.24) is 15.2 Å². The van der Waals surface area contributed by atoms with Crippen molar-refractivity contribution in [1.29, 1.82) is 0 Å². The summed E-state index contributed by atoms with van der Waals surface area (Å²) in [5, 5.41) is 5.44. The van der Waals surface area contributed by atoms with Gasteiger partial charge in [-0.15, -0.1) is 11.3 Å². The van der Waals surface area contributed by atoms with E-state index in [-0.39, 0.29) is 5.91 Å². The van der Waals surface area contributed by atoms with Crippen molar-refractivity contribution >= 4 is 32.3 Å². The quantitative estimate of drug-likeness (QED) is 0.938. The third-order valence-corrected chi connectivity index (χ3v) is 5.98. The number of nitrogens with zero attached hydrogens (tertiary/aromatic N) is 3.